The van der Waals surface area contributed by atoms with E-state index >= 15 is 0 Å². The predicted molar refractivity (Wildman–Crippen MR) is 94.0 cm³/mol. The fourth-order valence-electron chi connectivity index (χ4n) is 4.10. The molecule has 0 aromatic heterocycles. The van der Waals surface area contributed by atoms with Gasteiger partial charge in [0.25, 0.3) is 0 Å². The second-order valence-corrected chi connectivity index (χ2v) is 7.02. The first-order valence-corrected chi connectivity index (χ1v) is 8.91. The van der Waals surface area contributed by atoms with E-state index in [0.29, 0.717) is 17.9 Å². The Morgan fingerprint density at radius 1 is 1.39 bits per heavy atom. The summed E-state index contributed by atoms with van der Waals surface area (Å²) in [4.78, 5) is 13.1. The van der Waals surface area contributed by atoms with Crippen LogP contribution in [0.25, 0.3) is 0 Å². The Bertz CT molecular complexity index is 470. The number of ether oxygens (including phenoxy) is 1. The van der Waals surface area contributed by atoms with Gasteiger partial charge in [0, 0.05) is 12.6 Å². The van der Waals surface area contributed by atoms with Crippen molar-refractivity contribution in [1.29, 1.82) is 0 Å². The third kappa shape index (κ3) is 4.37. The molecule has 0 spiro atoms. The molecule has 0 aromatic rings. The lowest BCUT2D eigenvalue weighted by atomic mass is 9.82. The average molecular weight is 320 g/mol. The van der Waals surface area contributed by atoms with Crippen LogP contribution < -0.4 is 5.32 Å². The zero-order valence-electron chi connectivity index (χ0n) is 15.1. The van der Waals surface area contributed by atoms with E-state index in [9.17, 15) is 4.79 Å². The molecule has 1 saturated heterocycles. The molecule has 1 fully saturated rings. The summed E-state index contributed by atoms with van der Waals surface area (Å²) in [5, 5.41) is 2.85. The number of nitrogens with zero attached hydrogens (tertiary/aromatic N) is 1. The van der Waals surface area contributed by atoms with Crippen LogP contribution in [0, 0.1) is 11.8 Å². The summed E-state index contributed by atoms with van der Waals surface area (Å²) >= 11 is 0. The maximum absolute atomic E-state index is 10.5. The van der Waals surface area contributed by atoms with Crippen molar-refractivity contribution in [3.8, 4) is 0 Å². The number of methoxy groups -OCH3 is 1. The predicted octanol–water partition coefficient (Wildman–Crippen LogP) is 3.11. The van der Waals surface area contributed by atoms with Crippen LogP contribution in [0.4, 0.5) is 0 Å². The van der Waals surface area contributed by atoms with Gasteiger partial charge < -0.3 is 15.0 Å². The molecule has 0 aromatic carbocycles. The van der Waals surface area contributed by atoms with Crippen LogP contribution in [-0.2, 0) is 9.53 Å². The molecule has 0 saturated carbocycles. The van der Waals surface area contributed by atoms with E-state index < -0.39 is 0 Å². The molecule has 4 heteroatoms. The molecule has 0 bridgehead atoms. The van der Waals surface area contributed by atoms with Crippen molar-refractivity contribution < 1.29 is 9.53 Å². The van der Waals surface area contributed by atoms with Crippen molar-refractivity contribution in [2.45, 2.75) is 52.5 Å². The Morgan fingerprint density at radius 2 is 2.17 bits per heavy atom. The average Bonchev–Trinajstić information content (AvgIpc) is 2.80. The van der Waals surface area contributed by atoms with Gasteiger partial charge in [-0.1, -0.05) is 5.57 Å². The lowest BCUT2D eigenvalue weighted by Crippen LogP contribution is -2.40. The molecular weight excluding hydrogens is 288 g/mol. The Morgan fingerprint density at radius 3 is 2.87 bits per heavy atom. The highest BCUT2D eigenvalue weighted by Crippen LogP contribution is 2.34. The zero-order valence-corrected chi connectivity index (χ0v) is 15.1. The van der Waals surface area contributed by atoms with E-state index in [0.717, 1.165) is 31.7 Å². The van der Waals surface area contributed by atoms with E-state index in [-0.39, 0.29) is 0 Å². The highest BCUT2D eigenvalue weighted by atomic mass is 16.5. The van der Waals surface area contributed by atoms with Crippen molar-refractivity contribution in [2.75, 3.05) is 26.7 Å². The molecule has 2 unspecified atom stereocenters. The second kappa shape index (κ2) is 8.53. The van der Waals surface area contributed by atoms with Gasteiger partial charge in [-0.15, -0.1) is 0 Å². The maximum atomic E-state index is 10.5. The number of hydrogen-bond donors (Lipinski definition) is 1. The van der Waals surface area contributed by atoms with Gasteiger partial charge in [0.15, 0.2) is 0 Å². The summed E-state index contributed by atoms with van der Waals surface area (Å²) in [5.74, 6) is 2.25. The SMILES string of the molecule is COC1=CCC(C(C)N2CCC[C@@H](CNC=O)CC2)C(C)=C1C. The van der Waals surface area contributed by atoms with Gasteiger partial charge in [-0.2, -0.15) is 0 Å². The summed E-state index contributed by atoms with van der Waals surface area (Å²) in [5.41, 5.74) is 2.78. The fraction of sp³-hybridized carbons (Fsp3) is 0.737. The number of hydrogen-bond acceptors (Lipinski definition) is 3. The molecule has 2 rings (SSSR count). The third-order valence-electron chi connectivity index (χ3n) is 5.82. The Hall–Kier alpha value is -1.29. The van der Waals surface area contributed by atoms with Gasteiger partial charge in [-0.25, -0.2) is 0 Å². The lowest BCUT2D eigenvalue weighted by molar-refractivity contribution is -0.109. The molecule has 4 nitrogen and oxygen atoms in total. The smallest absolute Gasteiger partial charge is 0.207 e. The second-order valence-electron chi connectivity index (χ2n) is 7.02. The molecule has 1 heterocycles. The van der Waals surface area contributed by atoms with E-state index in [1.54, 1.807) is 7.11 Å². The monoisotopic (exact) mass is 320 g/mol. The van der Waals surface area contributed by atoms with Crippen molar-refractivity contribution >= 4 is 6.41 Å². The van der Waals surface area contributed by atoms with Crippen LogP contribution >= 0.6 is 0 Å². The van der Waals surface area contributed by atoms with E-state index in [1.165, 1.54) is 37.0 Å². The number of carbonyl (C=O) groups excluding carboxylic acids is 1. The minimum absolute atomic E-state index is 0.553. The van der Waals surface area contributed by atoms with Crippen molar-refractivity contribution in [2.24, 2.45) is 11.8 Å². The first-order valence-electron chi connectivity index (χ1n) is 8.91. The Kier molecular flexibility index (Phi) is 6.70. The number of carbonyl (C=O) groups is 1. The summed E-state index contributed by atoms with van der Waals surface area (Å²) in [6.45, 7) is 9.94. The Labute approximate surface area is 141 Å². The quantitative estimate of drug-likeness (QED) is 0.765. The van der Waals surface area contributed by atoms with Gasteiger partial charge in [-0.05, 0) is 83.0 Å². The number of amides is 1. The van der Waals surface area contributed by atoms with Gasteiger partial charge >= 0.3 is 0 Å². The standard InChI is InChI=1S/C19H32N2O2/c1-14-15(2)19(23-4)8-7-18(14)16(3)21-10-5-6-17(9-11-21)12-20-13-22/h8,13,16-18H,5-7,9-12H2,1-4H3,(H,20,22)/t16?,17-,18?/m1/s1. The molecule has 130 valence electrons. The molecule has 2 aliphatic rings. The van der Waals surface area contributed by atoms with Gasteiger partial charge in [-0.3, -0.25) is 4.79 Å². The first kappa shape index (κ1) is 18.1. The summed E-state index contributed by atoms with van der Waals surface area (Å²) < 4.78 is 5.47. The molecular formula is C19H32N2O2. The first-order chi connectivity index (χ1) is 11.1. The van der Waals surface area contributed by atoms with Crippen LogP contribution in [0.1, 0.15) is 46.5 Å². The number of nitrogens with one attached hydrogen (secondary N) is 1. The van der Waals surface area contributed by atoms with Crippen molar-refractivity contribution in [3.05, 3.63) is 23.0 Å². The zero-order chi connectivity index (χ0) is 16.8. The van der Waals surface area contributed by atoms with Crippen molar-refractivity contribution in [3.63, 3.8) is 0 Å². The summed E-state index contributed by atoms with van der Waals surface area (Å²) in [6.07, 6.45) is 7.76. The van der Waals surface area contributed by atoms with Crippen LogP contribution in [-0.4, -0.2) is 44.1 Å². The number of likely N-dealkylation sites (tertiary alicyclic amines) is 1. The van der Waals surface area contributed by atoms with Crippen LogP contribution in [0.5, 0.6) is 0 Å². The molecule has 1 N–H and O–H groups in total. The number of allylic oxidation sites excluding steroid dienone is 2. The van der Waals surface area contributed by atoms with E-state index in [1.807, 2.05) is 0 Å². The van der Waals surface area contributed by atoms with Gasteiger partial charge in [0.05, 0.1) is 7.11 Å². The molecule has 1 aliphatic heterocycles. The largest absolute Gasteiger partial charge is 0.497 e. The topological polar surface area (TPSA) is 41.6 Å². The van der Waals surface area contributed by atoms with E-state index in [4.69, 9.17) is 4.74 Å². The molecule has 23 heavy (non-hydrogen) atoms. The fourth-order valence-corrected chi connectivity index (χ4v) is 4.10. The van der Waals surface area contributed by atoms with Crippen LogP contribution in [0.2, 0.25) is 0 Å². The lowest BCUT2D eigenvalue weighted by Gasteiger charge is -2.37. The molecule has 0 radical (unpaired) electrons. The minimum atomic E-state index is 0.553. The minimum Gasteiger partial charge on any atom is -0.497 e. The third-order valence-corrected chi connectivity index (χ3v) is 5.82. The highest BCUT2D eigenvalue weighted by Gasteiger charge is 2.29. The highest BCUT2D eigenvalue weighted by molar-refractivity contribution is 5.45. The maximum Gasteiger partial charge on any atom is 0.207 e. The van der Waals surface area contributed by atoms with Gasteiger partial charge in [0.2, 0.25) is 6.41 Å². The normalized spacial score (nSPS) is 27.9. The Balaban J connectivity index is 1.97. The summed E-state index contributed by atoms with van der Waals surface area (Å²) in [7, 11) is 1.76. The van der Waals surface area contributed by atoms with Crippen LogP contribution in [0.3, 0.4) is 0 Å². The molecule has 1 amide bonds. The van der Waals surface area contributed by atoms with Crippen molar-refractivity contribution in [1.82, 2.24) is 10.2 Å². The number of rotatable bonds is 6. The van der Waals surface area contributed by atoms with Crippen LogP contribution in [0.15, 0.2) is 23.0 Å². The molecule has 1 aliphatic carbocycles. The summed E-state index contributed by atoms with van der Waals surface area (Å²) in [6, 6.07) is 0.553. The van der Waals surface area contributed by atoms with E-state index in [2.05, 4.69) is 37.1 Å². The molecule has 3 atom stereocenters. The van der Waals surface area contributed by atoms with Gasteiger partial charge in [0.1, 0.15) is 5.76 Å².